The number of carbonyl (C=O) groups is 3. The topological polar surface area (TPSA) is 115 Å². The number of ketones is 2. The maximum Gasteiger partial charge on any atom is 0.229 e. The van der Waals surface area contributed by atoms with Gasteiger partial charge in [-0.1, -0.05) is 61.5 Å². The second-order valence-corrected chi connectivity index (χ2v) is 16.1. The second kappa shape index (κ2) is 16.8. The molecule has 1 aliphatic carbocycles. The van der Waals surface area contributed by atoms with Crippen LogP contribution >= 0.6 is 34.3 Å². The van der Waals surface area contributed by atoms with Crippen molar-refractivity contribution in [2.45, 2.75) is 102 Å². The van der Waals surface area contributed by atoms with Gasteiger partial charge in [0.15, 0.2) is 16.6 Å². The van der Waals surface area contributed by atoms with Crippen molar-refractivity contribution < 1.29 is 19.1 Å². The molecule has 1 saturated heterocycles. The SMILES string of the molecule is Cc1sc(C2CCCCC2)nc1CC(=O)N1C[C@H](OCc2ccc(Cl)cc2)C[C@H]1C(=O)C[C@@H](CCCCN)C(=O)c1nc2ccccc2s1. The molecule has 2 aromatic carbocycles. The van der Waals surface area contributed by atoms with Crippen molar-refractivity contribution in [3.8, 4) is 0 Å². The lowest BCUT2D eigenvalue weighted by Crippen LogP contribution is -2.42. The van der Waals surface area contributed by atoms with Crippen LogP contribution in [0.5, 0.6) is 0 Å². The Morgan fingerprint density at radius 1 is 1.02 bits per heavy atom. The molecule has 1 aliphatic heterocycles. The van der Waals surface area contributed by atoms with Crippen LogP contribution in [-0.4, -0.2) is 57.6 Å². The summed E-state index contributed by atoms with van der Waals surface area (Å²) in [6.07, 6.45) is 8.31. The number of aryl methyl sites for hydroxylation is 1. The summed E-state index contributed by atoms with van der Waals surface area (Å²) in [5.41, 5.74) is 8.33. The van der Waals surface area contributed by atoms with E-state index >= 15 is 0 Å². The molecule has 11 heteroatoms. The molecular weight excluding hydrogens is 676 g/mol. The predicted octanol–water partition coefficient (Wildman–Crippen LogP) is 8.08. The molecule has 0 spiro atoms. The van der Waals surface area contributed by atoms with E-state index in [-0.39, 0.29) is 36.4 Å². The molecule has 2 N–H and O–H groups in total. The van der Waals surface area contributed by atoms with E-state index in [0.717, 1.165) is 57.0 Å². The van der Waals surface area contributed by atoms with E-state index in [2.05, 4.69) is 4.98 Å². The summed E-state index contributed by atoms with van der Waals surface area (Å²) in [7, 11) is 0. The predicted molar refractivity (Wildman–Crippen MR) is 196 cm³/mol. The molecule has 4 aromatic rings. The van der Waals surface area contributed by atoms with Crippen molar-refractivity contribution in [2.24, 2.45) is 11.7 Å². The smallest absolute Gasteiger partial charge is 0.229 e. The highest BCUT2D eigenvalue weighted by molar-refractivity contribution is 7.20. The van der Waals surface area contributed by atoms with Crippen LogP contribution in [-0.2, 0) is 27.4 Å². The molecule has 49 heavy (non-hydrogen) atoms. The Labute approximate surface area is 301 Å². The van der Waals surface area contributed by atoms with Crippen LogP contribution in [0.2, 0.25) is 5.02 Å². The summed E-state index contributed by atoms with van der Waals surface area (Å²) in [6.45, 7) is 3.21. The highest BCUT2D eigenvalue weighted by Gasteiger charge is 2.41. The third-order valence-corrected chi connectivity index (χ3v) is 12.3. The number of Topliss-reactive ketones (excluding diaryl/α,β-unsaturated/α-hetero) is 2. The van der Waals surface area contributed by atoms with Crippen molar-refractivity contribution in [1.82, 2.24) is 14.9 Å². The first-order valence-electron chi connectivity index (χ1n) is 17.5. The summed E-state index contributed by atoms with van der Waals surface area (Å²) < 4.78 is 7.23. The molecule has 0 unspecified atom stereocenters. The standard InChI is InChI=1S/C38H45ClN4O4S2/c1-24-31(42-37(48-24)26-9-3-2-4-10-26)21-35(45)43-22-29(47-23-25-14-16-28(39)17-15-25)20-32(43)33(44)19-27(11-7-8-18-40)36(46)38-41-30-12-5-6-13-34(30)49-38/h5-6,12-17,26-27,29,32H,2-4,7-11,18-23,40H2,1H3/t27-,29-,32+/m1/s1. The fourth-order valence-corrected chi connectivity index (χ4v) is 9.29. The number of nitrogens with two attached hydrogens (primary N) is 1. The highest BCUT2D eigenvalue weighted by atomic mass is 35.5. The zero-order chi connectivity index (χ0) is 34.3. The average Bonchev–Trinajstić information content (AvgIpc) is 3.85. The maximum atomic E-state index is 14.2. The van der Waals surface area contributed by atoms with Crippen LogP contribution < -0.4 is 5.73 Å². The number of amides is 1. The normalized spacial score (nSPS) is 19.0. The molecule has 3 atom stereocenters. The minimum atomic E-state index is -0.681. The Balaban J connectivity index is 1.20. The number of benzene rings is 2. The lowest BCUT2D eigenvalue weighted by atomic mass is 9.89. The van der Waals surface area contributed by atoms with Crippen LogP contribution in [0.4, 0.5) is 0 Å². The molecule has 3 heterocycles. The molecule has 260 valence electrons. The van der Waals surface area contributed by atoms with Gasteiger partial charge in [0.2, 0.25) is 5.91 Å². The Hall–Kier alpha value is -3.02. The summed E-state index contributed by atoms with van der Waals surface area (Å²) >= 11 is 9.14. The van der Waals surface area contributed by atoms with Gasteiger partial charge in [0, 0.05) is 41.1 Å². The molecule has 0 radical (unpaired) electrons. The zero-order valence-electron chi connectivity index (χ0n) is 28.1. The van der Waals surface area contributed by atoms with E-state index in [1.807, 2.05) is 55.5 Å². The van der Waals surface area contributed by atoms with Crippen LogP contribution in [0.25, 0.3) is 10.2 Å². The number of nitrogens with zero attached hydrogens (tertiary/aromatic N) is 3. The molecule has 0 bridgehead atoms. The minimum Gasteiger partial charge on any atom is -0.372 e. The van der Waals surface area contributed by atoms with Gasteiger partial charge in [0.05, 0.1) is 46.1 Å². The van der Waals surface area contributed by atoms with Crippen LogP contribution in [0.1, 0.15) is 101 Å². The summed E-state index contributed by atoms with van der Waals surface area (Å²) in [4.78, 5) is 54.5. The average molecular weight is 721 g/mol. The van der Waals surface area contributed by atoms with Crippen LogP contribution in [0, 0.1) is 12.8 Å². The van der Waals surface area contributed by atoms with E-state index in [1.165, 1.54) is 30.6 Å². The third kappa shape index (κ3) is 9.02. The lowest BCUT2D eigenvalue weighted by Gasteiger charge is -2.25. The molecule has 2 aliphatic rings. The van der Waals surface area contributed by atoms with Gasteiger partial charge in [-0.2, -0.15) is 0 Å². The highest BCUT2D eigenvalue weighted by Crippen LogP contribution is 2.36. The monoisotopic (exact) mass is 720 g/mol. The number of rotatable bonds is 15. The number of unbranched alkanes of at least 4 members (excludes halogenated alkanes) is 1. The molecule has 1 saturated carbocycles. The Morgan fingerprint density at radius 3 is 2.55 bits per heavy atom. The van der Waals surface area contributed by atoms with Crippen molar-refractivity contribution in [2.75, 3.05) is 13.1 Å². The van der Waals surface area contributed by atoms with E-state index in [9.17, 15) is 14.4 Å². The maximum absolute atomic E-state index is 14.2. The molecule has 6 rings (SSSR count). The van der Waals surface area contributed by atoms with Gasteiger partial charge in [-0.05, 0) is 69.0 Å². The van der Waals surface area contributed by atoms with E-state index < -0.39 is 12.0 Å². The zero-order valence-corrected chi connectivity index (χ0v) is 30.5. The Kier molecular flexibility index (Phi) is 12.3. The molecule has 2 fully saturated rings. The molecule has 8 nitrogen and oxygen atoms in total. The summed E-state index contributed by atoms with van der Waals surface area (Å²) in [6, 6.07) is 14.5. The van der Waals surface area contributed by atoms with Crippen LogP contribution in [0.3, 0.4) is 0 Å². The second-order valence-electron chi connectivity index (χ2n) is 13.4. The van der Waals surface area contributed by atoms with E-state index in [1.54, 1.807) is 16.2 Å². The number of thiazole rings is 2. The third-order valence-electron chi connectivity index (χ3n) is 9.87. The van der Waals surface area contributed by atoms with Gasteiger partial charge in [-0.25, -0.2) is 9.97 Å². The number of hydrogen-bond donors (Lipinski definition) is 1. The molecular formula is C38H45ClN4O4S2. The number of likely N-dealkylation sites (tertiary alicyclic amines) is 1. The van der Waals surface area contributed by atoms with Crippen molar-refractivity contribution in [3.05, 3.63) is 79.7 Å². The Morgan fingerprint density at radius 2 is 1.80 bits per heavy atom. The van der Waals surface area contributed by atoms with Crippen LogP contribution in [0.15, 0.2) is 48.5 Å². The number of halogens is 1. The first kappa shape index (κ1) is 35.8. The lowest BCUT2D eigenvalue weighted by molar-refractivity contribution is -0.137. The Bertz CT molecular complexity index is 1720. The van der Waals surface area contributed by atoms with E-state index in [4.69, 9.17) is 27.1 Å². The fraction of sp³-hybridized carbons (Fsp3) is 0.500. The number of carbonyl (C=O) groups excluding carboxylic acids is 3. The van der Waals surface area contributed by atoms with Gasteiger partial charge in [0.1, 0.15) is 0 Å². The minimum absolute atomic E-state index is 0.0409. The van der Waals surface area contributed by atoms with Gasteiger partial charge in [-0.15, -0.1) is 22.7 Å². The summed E-state index contributed by atoms with van der Waals surface area (Å²) in [5.74, 6) is -0.430. The number of ether oxygens (including phenoxy) is 1. The first-order chi connectivity index (χ1) is 23.8. The number of para-hydroxylation sites is 1. The quantitative estimate of drug-likeness (QED) is 0.0975. The fourth-order valence-electron chi connectivity index (χ4n) is 7.07. The molecule has 1 amide bonds. The number of fused-ring (bicyclic) bond motifs is 1. The van der Waals surface area contributed by atoms with Gasteiger partial charge < -0.3 is 15.4 Å². The first-order valence-corrected chi connectivity index (χ1v) is 19.5. The number of hydrogen-bond acceptors (Lipinski definition) is 9. The van der Waals surface area contributed by atoms with Crippen molar-refractivity contribution >= 4 is 62.0 Å². The van der Waals surface area contributed by atoms with E-state index in [0.29, 0.717) is 48.5 Å². The summed E-state index contributed by atoms with van der Waals surface area (Å²) in [5, 5.41) is 2.20. The van der Waals surface area contributed by atoms with Crippen molar-refractivity contribution in [1.29, 1.82) is 0 Å². The largest absolute Gasteiger partial charge is 0.372 e. The van der Waals surface area contributed by atoms with Crippen molar-refractivity contribution in [3.63, 3.8) is 0 Å². The van der Waals surface area contributed by atoms with Gasteiger partial charge >= 0.3 is 0 Å². The van der Waals surface area contributed by atoms with Gasteiger partial charge in [0.25, 0.3) is 0 Å². The molecule has 2 aromatic heterocycles. The number of aromatic nitrogens is 2. The van der Waals surface area contributed by atoms with Gasteiger partial charge in [-0.3, -0.25) is 14.4 Å².